The Hall–Kier alpha value is -0.820. The Morgan fingerprint density at radius 2 is 1.84 bits per heavy atom. The van der Waals surface area contributed by atoms with Crippen LogP contribution in [0.2, 0.25) is 0 Å². The van der Waals surface area contributed by atoms with Gasteiger partial charge in [-0.3, -0.25) is 0 Å². The van der Waals surface area contributed by atoms with Crippen molar-refractivity contribution in [1.29, 1.82) is 0 Å². The molecule has 1 aromatic rings. The number of rotatable bonds is 7. The molecule has 3 unspecified atom stereocenters. The van der Waals surface area contributed by atoms with Gasteiger partial charge in [0.15, 0.2) is 0 Å². The quantitative estimate of drug-likeness (QED) is 0.755. The van der Waals surface area contributed by atoms with Crippen molar-refractivity contribution in [2.24, 2.45) is 17.8 Å². The smallest absolute Gasteiger partial charge is 0.0351 e. The monoisotopic (exact) mass is 259 g/mol. The van der Waals surface area contributed by atoms with E-state index in [9.17, 15) is 0 Å². The molecule has 2 rings (SSSR count). The van der Waals surface area contributed by atoms with Crippen LogP contribution in [-0.2, 0) is 6.42 Å². The molecule has 1 aromatic carbocycles. The molecule has 1 saturated carbocycles. The summed E-state index contributed by atoms with van der Waals surface area (Å²) >= 11 is 0. The third kappa shape index (κ3) is 4.07. The normalized spacial score (nSPS) is 23.6. The van der Waals surface area contributed by atoms with E-state index < -0.39 is 0 Å². The molecule has 1 fully saturated rings. The van der Waals surface area contributed by atoms with Crippen LogP contribution >= 0.6 is 0 Å². The van der Waals surface area contributed by atoms with Crippen LogP contribution in [0.15, 0.2) is 24.3 Å². The Bertz CT molecular complexity index is 379. The highest BCUT2D eigenvalue weighted by Crippen LogP contribution is 2.46. The van der Waals surface area contributed by atoms with Gasteiger partial charge in [0, 0.05) is 6.04 Å². The summed E-state index contributed by atoms with van der Waals surface area (Å²) in [5.41, 5.74) is 2.95. The minimum absolute atomic E-state index is 0.572. The van der Waals surface area contributed by atoms with Gasteiger partial charge in [0.25, 0.3) is 0 Å². The highest BCUT2D eigenvalue weighted by Gasteiger charge is 2.39. The topological polar surface area (TPSA) is 12.0 Å². The largest absolute Gasteiger partial charge is 0.310 e. The van der Waals surface area contributed by atoms with Gasteiger partial charge in [-0.15, -0.1) is 0 Å². The summed E-state index contributed by atoms with van der Waals surface area (Å²) in [6.45, 7) is 10.3. The van der Waals surface area contributed by atoms with E-state index in [1.54, 1.807) is 0 Å². The second-order valence-corrected chi connectivity index (χ2v) is 6.65. The maximum absolute atomic E-state index is 3.74. The van der Waals surface area contributed by atoms with Gasteiger partial charge in [-0.25, -0.2) is 0 Å². The average molecular weight is 259 g/mol. The Morgan fingerprint density at radius 1 is 1.21 bits per heavy atom. The van der Waals surface area contributed by atoms with Gasteiger partial charge >= 0.3 is 0 Å². The van der Waals surface area contributed by atoms with Crippen molar-refractivity contribution < 1.29 is 0 Å². The lowest BCUT2D eigenvalue weighted by Crippen LogP contribution is -2.24. The third-order valence-electron chi connectivity index (χ3n) is 4.20. The molecule has 0 heterocycles. The number of benzene rings is 1. The fourth-order valence-corrected chi connectivity index (χ4v) is 2.96. The van der Waals surface area contributed by atoms with E-state index in [1.165, 1.54) is 30.4 Å². The van der Waals surface area contributed by atoms with Gasteiger partial charge in [0.1, 0.15) is 0 Å². The van der Waals surface area contributed by atoms with Gasteiger partial charge in [0.2, 0.25) is 0 Å². The fourth-order valence-electron chi connectivity index (χ4n) is 2.96. The molecule has 1 aliphatic rings. The van der Waals surface area contributed by atoms with Gasteiger partial charge in [-0.2, -0.15) is 0 Å². The van der Waals surface area contributed by atoms with E-state index in [1.807, 2.05) is 0 Å². The van der Waals surface area contributed by atoms with Crippen LogP contribution in [-0.4, -0.2) is 6.54 Å². The van der Waals surface area contributed by atoms with Crippen LogP contribution in [0.3, 0.4) is 0 Å². The Kier molecular flexibility index (Phi) is 5.04. The second kappa shape index (κ2) is 6.56. The van der Waals surface area contributed by atoms with Crippen molar-refractivity contribution in [2.75, 3.05) is 6.54 Å². The predicted octanol–water partition coefficient (Wildman–Crippen LogP) is 4.58. The third-order valence-corrected chi connectivity index (χ3v) is 4.20. The molecular formula is C18H29N. The molecule has 1 N–H and O–H groups in total. The second-order valence-electron chi connectivity index (χ2n) is 6.65. The molecule has 1 nitrogen and oxygen atoms in total. The fraction of sp³-hybridized carbons (Fsp3) is 0.667. The van der Waals surface area contributed by atoms with E-state index in [2.05, 4.69) is 57.3 Å². The molecule has 1 heteroatoms. The molecule has 19 heavy (non-hydrogen) atoms. The van der Waals surface area contributed by atoms with Crippen molar-refractivity contribution in [3.8, 4) is 0 Å². The summed E-state index contributed by atoms with van der Waals surface area (Å²) in [7, 11) is 0. The van der Waals surface area contributed by atoms with E-state index in [-0.39, 0.29) is 0 Å². The first-order valence-corrected chi connectivity index (χ1v) is 7.94. The molecule has 1 aliphatic carbocycles. The minimum atomic E-state index is 0.572. The predicted molar refractivity (Wildman–Crippen MR) is 83.3 cm³/mol. The van der Waals surface area contributed by atoms with Gasteiger partial charge in [-0.1, -0.05) is 52.0 Å². The first-order valence-electron chi connectivity index (χ1n) is 7.94. The number of nitrogens with one attached hydrogen (secondary N) is 1. The van der Waals surface area contributed by atoms with Crippen LogP contribution in [0.5, 0.6) is 0 Å². The van der Waals surface area contributed by atoms with Gasteiger partial charge < -0.3 is 5.32 Å². The van der Waals surface area contributed by atoms with Crippen LogP contribution in [0, 0.1) is 17.8 Å². The Balaban J connectivity index is 2.04. The summed E-state index contributed by atoms with van der Waals surface area (Å²) in [5, 5.41) is 3.74. The highest BCUT2D eigenvalue weighted by molar-refractivity contribution is 5.27. The molecule has 0 amide bonds. The summed E-state index contributed by atoms with van der Waals surface area (Å²) in [6, 6.07) is 9.90. The molecular weight excluding hydrogens is 230 g/mol. The minimum Gasteiger partial charge on any atom is -0.310 e. The number of hydrogen-bond donors (Lipinski definition) is 1. The molecule has 0 aliphatic heterocycles. The zero-order valence-corrected chi connectivity index (χ0v) is 12.9. The summed E-state index contributed by atoms with van der Waals surface area (Å²) < 4.78 is 0. The molecule has 0 bridgehead atoms. The van der Waals surface area contributed by atoms with Crippen LogP contribution in [0.1, 0.15) is 57.7 Å². The van der Waals surface area contributed by atoms with Crippen LogP contribution in [0.4, 0.5) is 0 Å². The van der Waals surface area contributed by atoms with Crippen LogP contribution in [0.25, 0.3) is 0 Å². The SMILES string of the molecule is CCCNC(c1ccc(CC(C)C)cc1)C1CC1C. The maximum Gasteiger partial charge on any atom is 0.0351 e. The zero-order chi connectivity index (χ0) is 13.8. The molecule has 0 radical (unpaired) electrons. The van der Waals surface area contributed by atoms with E-state index in [0.29, 0.717) is 6.04 Å². The van der Waals surface area contributed by atoms with Gasteiger partial charge in [0.05, 0.1) is 0 Å². The molecule has 0 saturated heterocycles. The highest BCUT2D eigenvalue weighted by atomic mass is 14.9. The van der Waals surface area contributed by atoms with Gasteiger partial charge in [-0.05, 0) is 54.7 Å². The van der Waals surface area contributed by atoms with E-state index in [4.69, 9.17) is 0 Å². The summed E-state index contributed by atoms with van der Waals surface area (Å²) in [6.07, 6.45) is 3.78. The van der Waals surface area contributed by atoms with E-state index in [0.717, 1.165) is 24.3 Å². The summed E-state index contributed by atoms with van der Waals surface area (Å²) in [4.78, 5) is 0. The van der Waals surface area contributed by atoms with Crippen molar-refractivity contribution in [1.82, 2.24) is 5.32 Å². The maximum atomic E-state index is 3.74. The first kappa shape index (κ1) is 14.6. The molecule has 0 spiro atoms. The zero-order valence-electron chi connectivity index (χ0n) is 12.9. The lowest BCUT2D eigenvalue weighted by Gasteiger charge is -2.19. The average Bonchev–Trinajstić information content (AvgIpc) is 3.08. The van der Waals surface area contributed by atoms with Crippen molar-refractivity contribution in [3.63, 3.8) is 0 Å². The standard InChI is InChI=1S/C18H29N/c1-5-10-19-18(17-12-14(17)4)16-8-6-15(7-9-16)11-13(2)3/h6-9,13-14,17-19H,5,10-12H2,1-4H3. The summed E-state index contributed by atoms with van der Waals surface area (Å²) in [5.74, 6) is 2.48. The molecule has 106 valence electrons. The lowest BCUT2D eigenvalue weighted by molar-refractivity contribution is 0.463. The molecule has 3 atom stereocenters. The lowest BCUT2D eigenvalue weighted by atomic mass is 9.97. The Labute approximate surface area is 118 Å². The van der Waals surface area contributed by atoms with Crippen molar-refractivity contribution in [2.45, 2.75) is 53.0 Å². The Morgan fingerprint density at radius 3 is 2.32 bits per heavy atom. The van der Waals surface area contributed by atoms with Crippen molar-refractivity contribution in [3.05, 3.63) is 35.4 Å². The first-order chi connectivity index (χ1) is 9.11. The molecule has 0 aromatic heterocycles. The van der Waals surface area contributed by atoms with E-state index >= 15 is 0 Å². The van der Waals surface area contributed by atoms with Crippen LogP contribution < -0.4 is 5.32 Å². The number of hydrogen-bond acceptors (Lipinski definition) is 1. The van der Waals surface area contributed by atoms with Crippen molar-refractivity contribution >= 4 is 0 Å².